The first kappa shape index (κ1) is 18.8. The van der Waals surface area contributed by atoms with Gasteiger partial charge in [0, 0.05) is 38.9 Å². The van der Waals surface area contributed by atoms with Gasteiger partial charge in [-0.15, -0.1) is 0 Å². The van der Waals surface area contributed by atoms with Gasteiger partial charge in [-0.1, -0.05) is 33.1 Å². The molecule has 1 N–H and O–H groups in total. The first-order valence-corrected chi connectivity index (χ1v) is 9.23. The molecule has 1 saturated heterocycles. The molecule has 2 unspecified atom stereocenters. The third kappa shape index (κ3) is 5.23. The standard InChI is InChI=1S/C18H33N5O/c1-5-7-8-15(6-2)11-20-18(19-3)23-9-10-24-17(14-23)16-12-21-22(4)13-16/h12-13,15,17H,5-11,14H2,1-4H3,(H,19,20). The van der Waals surface area contributed by atoms with Crippen molar-refractivity contribution < 1.29 is 4.74 Å². The summed E-state index contributed by atoms with van der Waals surface area (Å²) in [6.45, 7) is 7.94. The van der Waals surface area contributed by atoms with Crippen molar-refractivity contribution in [2.75, 3.05) is 33.3 Å². The first-order chi connectivity index (χ1) is 11.7. The Hall–Kier alpha value is -1.56. The van der Waals surface area contributed by atoms with Crippen molar-refractivity contribution in [3.63, 3.8) is 0 Å². The number of nitrogens with one attached hydrogen (secondary N) is 1. The molecule has 0 saturated carbocycles. The van der Waals surface area contributed by atoms with E-state index in [1.165, 1.54) is 25.7 Å². The number of ether oxygens (including phenoxy) is 1. The van der Waals surface area contributed by atoms with E-state index in [0.717, 1.165) is 37.1 Å². The van der Waals surface area contributed by atoms with Crippen LogP contribution in [0.5, 0.6) is 0 Å². The molecule has 1 aromatic heterocycles. The summed E-state index contributed by atoms with van der Waals surface area (Å²) in [6, 6.07) is 0. The predicted octanol–water partition coefficient (Wildman–Crippen LogP) is 2.59. The minimum absolute atomic E-state index is 0.0630. The minimum atomic E-state index is 0.0630. The second kappa shape index (κ2) is 9.67. The van der Waals surface area contributed by atoms with Crippen molar-refractivity contribution in [3.05, 3.63) is 18.0 Å². The molecule has 2 heterocycles. The number of rotatable bonds is 7. The van der Waals surface area contributed by atoms with Crippen LogP contribution in [0.25, 0.3) is 0 Å². The van der Waals surface area contributed by atoms with E-state index in [2.05, 4.69) is 34.2 Å². The Kier molecular flexibility index (Phi) is 7.56. The highest BCUT2D eigenvalue weighted by atomic mass is 16.5. The fourth-order valence-electron chi connectivity index (χ4n) is 3.16. The minimum Gasteiger partial charge on any atom is -0.370 e. The van der Waals surface area contributed by atoms with Crippen LogP contribution in [-0.4, -0.2) is 53.9 Å². The van der Waals surface area contributed by atoms with Gasteiger partial charge in [-0.05, 0) is 12.3 Å². The van der Waals surface area contributed by atoms with Crippen LogP contribution >= 0.6 is 0 Å². The number of aryl methyl sites for hydroxylation is 1. The van der Waals surface area contributed by atoms with Crippen LogP contribution in [-0.2, 0) is 11.8 Å². The Balaban J connectivity index is 1.90. The summed E-state index contributed by atoms with van der Waals surface area (Å²) >= 11 is 0. The molecular formula is C18H33N5O. The molecule has 2 atom stereocenters. The van der Waals surface area contributed by atoms with Crippen molar-refractivity contribution >= 4 is 5.96 Å². The van der Waals surface area contributed by atoms with Crippen LogP contribution in [0.15, 0.2) is 17.4 Å². The van der Waals surface area contributed by atoms with Crippen LogP contribution in [0.3, 0.4) is 0 Å². The van der Waals surface area contributed by atoms with E-state index in [4.69, 9.17) is 4.74 Å². The second-order valence-electron chi connectivity index (χ2n) is 6.60. The molecule has 24 heavy (non-hydrogen) atoms. The summed E-state index contributed by atoms with van der Waals surface area (Å²) < 4.78 is 7.75. The van der Waals surface area contributed by atoms with E-state index in [0.29, 0.717) is 6.61 Å². The molecule has 0 radical (unpaired) electrons. The molecule has 6 heteroatoms. The second-order valence-corrected chi connectivity index (χ2v) is 6.60. The third-order valence-corrected chi connectivity index (χ3v) is 4.77. The van der Waals surface area contributed by atoms with Crippen LogP contribution in [0.1, 0.15) is 51.2 Å². The Labute approximate surface area is 146 Å². The number of nitrogens with zero attached hydrogens (tertiary/aromatic N) is 4. The highest BCUT2D eigenvalue weighted by molar-refractivity contribution is 5.80. The van der Waals surface area contributed by atoms with Crippen LogP contribution in [0, 0.1) is 5.92 Å². The summed E-state index contributed by atoms with van der Waals surface area (Å²) in [5, 5.41) is 7.83. The zero-order valence-corrected chi connectivity index (χ0v) is 15.7. The van der Waals surface area contributed by atoms with E-state index in [1.54, 1.807) is 0 Å². The first-order valence-electron chi connectivity index (χ1n) is 9.23. The van der Waals surface area contributed by atoms with Crippen LogP contribution < -0.4 is 5.32 Å². The molecule has 6 nitrogen and oxygen atoms in total. The van der Waals surface area contributed by atoms with Crippen LogP contribution in [0.2, 0.25) is 0 Å². The van der Waals surface area contributed by atoms with Gasteiger partial charge in [0.2, 0.25) is 0 Å². The molecule has 0 aliphatic carbocycles. The molecule has 136 valence electrons. The lowest BCUT2D eigenvalue weighted by molar-refractivity contribution is -0.00808. The van der Waals surface area contributed by atoms with E-state index in [1.807, 2.05) is 31.2 Å². The van der Waals surface area contributed by atoms with Gasteiger partial charge in [0.15, 0.2) is 5.96 Å². The van der Waals surface area contributed by atoms with Crippen molar-refractivity contribution in [1.82, 2.24) is 20.0 Å². The van der Waals surface area contributed by atoms with Gasteiger partial charge < -0.3 is 15.0 Å². The molecule has 0 aromatic carbocycles. The molecule has 2 rings (SSSR count). The number of morpholine rings is 1. The smallest absolute Gasteiger partial charge is 0.193 e. The SMILES string of the molecule is CCCCC(CC)CNC(=NC)N1CCOC(c2cnn(C)c2)C1. The van der Waals surface area contributed by atoms with E-state index < -0.39 is 0 Å². The van der Waals surface area contributed by atoms with E-state index >= 15 is 0 Å². The highest BCUT2D eigenvalue weighted by Gasteiger charge is 2.25. The van der Waals surface area contributed by atoms with Crippen molar-refractivity contribution in [1.29, 1.82) is 0 Å². The molecule has 1 aliphatic heterocycles. The number of hydrogen-bond donors (Lipinski definition) is 1. The normalized spacial score (nSPS) is 20.2. The van der Waals surface area contributed by atoms with Gasteiger partial charge in [0.05, 0.1) is 19.3 Å². The highest BCUT2D eigenvalue weighted by Crippen LogP contribution is 2.21. The number of aromatic nitrogens is 2. The maximum Gasteiger partial charge on any atom is 0.193 e. The number of hydrogen-bond acceptors (Lipinski definition) is 3. The maximum absolute atomic E-state index is 5.92. The van der Waals surface area contributed by atoms with Gasteiger partial charge in [-0.2, -0.15) is 5.10 Å². The lowest BCUT2D eigenvalue weighted by Crippen LogP contribution is -2.49. The third-order valence-electron chi connectivity index (χ3n) is 4.77. The lowest BCUT2D eigenvalue weighted by Gasteiger charge is -2.35. The summed E-state index contributed by atoms with van der Waals surface area (Å²) in [6.07, 6.45) is 9.06. The van der Waals surface area contributed by atoms with Crippen LogP contribution in [0.4, 0.5) is 0 Å². The fourth-order valence-corrected chi connectivity index (χ4v) is 3.16. The van der Waals surface area contributed by atoms with E-state index in [-0.39, 0.29) is 6.10 Å². The molecule has 0 amide bonds. The van der Waals surface area contributed by atoms with Gasteiger partial charge in [0.1, 0.15) is 6.10 Å². The Bertz CT molecular complexity index is 513. The Morgan fingerprint density at radius 1 is 1.50 bits per heavy atom. The van der Waals surface area contributed by atoms with Crippen molar-refractivity contribution in [2.24, 2.45) is 18.0 Å². The average molecular weight is 335 g/mol. The van der Waals surface area contributed by atoms with Crippen molar-refractivity contribution in [3.8, 4) is 0 Å². The number of unbranched alkanes of at least 4 members (excludes halogenated alkanes) is 1. The molecular weight excluding hydrogens is 302 g/mol. The fraction of sp³-hybridized carbons (Fsp3) is 0.778. The zero-order chi connectivity index (χ0) is 17.4. The van der Waals surface area contributed by atoms with Gasteiger partial charge in [-0.25, -0.2) is 0 Å². The van der Waals surface area contributed by atoms with Gasteiger partial charge in [0.25, 0.3) is 0 Å². The summed E-state index contributed by atoms with van der Waals surface area (Å²) in [7, 11) is 3.80. The molecule has 0 spiro atoms. The lowest BCUT2D eigenvalue weighted by atomic mass is 9.99. The van der Waals surface area contributed by atoms with Gasteiger partial charge in [-0.3, -0.25) is 9.67 Å². The summed E-state index contributed by atoms with van der Waals surface area (Å²) in [5.41, 5.74) is 1.13. The number of guanidine groups is 1. The Morgan fingerprint density at radius 2 is 2.33 bits per heavy atom. The maximum atomic E-state index is 5.92. The summed E-state index contributed by atoms with van der Waals surface area (Å²) in [5.74, 6) is 1.71. The predicted molar refractivity (Wildman–Crippen MR) is 98.1 cm³/mol. The van der Waals surface area contributed by atoms with Gasteiger partial charge >= 0.3 is 0 Å². The molecule has 1 aliphatic rings. The monoisotopic (exact) mass is 335 g/mol. The number of aliphatic imine (C=N–C) groups is 1. The summed E-state index contributed by atoms with van der Waals surface area (Å²) in [4.78, 5) is 6.79. The zero-order valence-electron chi connectivity index (χ0n) is 15.7. The average Bonchev–Trinajstić information content (AvgIpc) is 3.05. The molecule has 1 fully saturated rings. The molecule has 0 bridgehead atoms. The van der Waals surface area contributed by atoms with Crippen molar-refractivity contribution in [2.45, 2.75) is 45.6 Å². The quantitative estimate of drug-likeness (QED) is 0.615. The molecule has 1 aromatic rings. The largest absolute Gasteiger partial charge is 0.370 e. The Morgan fingerprint density at radius 3 is 2.96 bits per heavy atom. The van der Waals surface area contributed by atoms with E-state index in [9.17, 15) is 0 Å². The topological polar surface area (TPSA) is 54.7 Å².